The maximum absolute atomic E-state index is 5.32. The number of rotatable bonds is 4. The number of aromatic nitrogens is 3. The van der Waals surface area contributed by atoms with E-state index in [9.17, 15) is 0 Å². The lowest BCUT2D eigenvalue weighted by Gasteiger charge is -2.00. The molecule has 3 aromatic rings. The summed E-state index contributed by atoms with van der Waals surface area (Å²) in [6.45, 7) is 0. The topological polar surface area (TPSA) is 68.3 Å². The van der Waals surface area contributed by atoms with Gasteiger partial charge in [-0.2, -0.15) is 9.78 Å². The first-order valence-corrected chi connectivity index (χ1v) is 6.58. The van der Waals surface area contributed by atoms with E-state index in [4.69, 9.17) is 21.4 Å². The Morgan fingerprint density at radius 1 is 1.38 bits per heavy atom. The van der Waals surface area contributed by atoms with Crippen LogP contribution in [0, 0.1) is 4.77 Å². The van der Waals surface area contributed by atoms with Crippen molar-refractivity contribution in [2.24, 2.45) is 5.10 Å². The van der Waals surface area contributed by atoms with Crippen LogP contribution in [0.2, 0.25) is 0 Å². The van der Waals surface area contributed by atoms with Crippen LogP contribution in [0.5, 0.6) is 5.75 Å². The van der Waals surface area contributed by atoms with Gasteiger partial charge in [0, 0.05) is 0 Å². The van der Waals surface area contributed by atoms with Gasteiger partial charge in [0.2, 0.25) is 10.6 Å². The van der Waals surface area contributed by atoms with E-state index >= 15 is 0 Å². The SMILES string of the molecule is COc1cccc(/C=N/n2c(-c3ccco3)n[nH]c2=S)c1. The largest absolute Gasteiger partial charge is 0.497 e. The molecule has 0 saturated heterocycles. The van der Waals surface area contributed by atoms with Crippen LogP contribution in [0.3, 0.4) is 0 Å². The van der Waals surface area contributed by atoms with E-state index in [0.29, 0.717) is 16.4 Å². The number of methoxy groups -OCH3 is 1. The summed E-state index contributed by atoms with van der Waals surface area (Å²) in [5.41, 5.74) is 0.892. The lowest BCUT2D eigenvalue weighted by atomic mass is 10.2. The van der Waals surface area contributed by atoms with Crippen LogP contribution < -0.4 is 4.74 Å². The first kappa shape index (κ1) is 13.3. The van der Waals surface area contributed by atoms with Gasteiger partial charge in [0.25, 0.3) is 0 Å². The molecule has 0 unspecified atom stereocenters. The third-order valence-corrected chi connectivity index (χ3v) is 3.07. The highest BCUT2D eigenvalue weighted by Crippen LogP contribution is 2.17. The van der Waals surface area contributed by atoms with Crippen molar-refractivity contribution in [3.8, 4) is 17.3 Å². The van der Waals surface area contributed by atoms with E-state index in [-0.39, 0.29) is 0 Å². The van der Waals surface area contributed by atoms with Gasteiger partial charge in [-0.25, -0.2) is 5.10 Å². The molecule has 21 heavy (non-hydrogen) atoms. The Balaban J connectivity index is 1.96. The summed E-state index contributed by atoms with van der Waals surface area (Å²) >= 11 is 5.18. The molecule has 1 N–H and O–H groups in total. The highest BCUT2D eigenvalue weighted by atomic mass is 32.1. The second-order valence-electron chi connectivity index (χ2n) is 4.16. The van der Waals surface area contributed by atoms with Crippen LogP contribution in [0.1, 0.15) is 5.56 Å². The predicted octanol–water partition coefficient (Wildman–Crippen LogP) is 3.09. The minimum absolute atomic E-state index is 0.389. The van der Waals surface area contributed by atoms with Gasteiger partial charge in [-0.1, -0.05) is 12.1 Å². The molecule has 1 aromatic carbocycles. The van der Waals surface area contributed by atoms with Crippen molar-refractivity contribution in [1.82, 2.24) is 14.9 Å². The number of hydrogen-bond acceptors (Lipinski definition) is 5. The molecule has 0 aliphatic carbocycles. The molecule has 0 amide bonds. The number of nitrogens with zero attached hydrogens (tertiary/aromatic N) is 3. The summed E-state index contributed by atoms with van der Waals surface area (Å²) < 4.78 is 12.4. The van der Waals surface area contributed by atoms with Crippen LogP contribution in [0.25, 0.3) is 11.6 Å². The van der Waals surface area contributed by atoms with Gasteiger partial charge in [0.1, 0.15) is 5.75 Å². The van der Waals surface area contributed by atoms with Crippen molar-refractivity contribution in [2.45, 2.75) is 0 Å². The highest BCUT2D eigenvalue weighted by molar-refractivity contribution is 7.71. The maximum atomic E-state index is 5.32. The Bertz CT molecular complexity index is 818. The Morgan fingerprint density at radius 3 is 3.05 bits per heavy atom. The quantitative estimate of drug-likeness (QED) is 0.594. The van der Waals surface area contributed by atoms with Gasteiger partial charge in [0.15, 0.2) is 5.76 Å². The molecule has 0 radical (unpaired) electrons. The summed E-state index contributed by atoms with van der Waals surface area (Å²) in [5, 5.41) is 11.2. The normalized spacial score (nSPS) is 11.1. The maximum Gasteiger partial charge on any atom is 0.219 e. The summed E-state index contributed by atoms with van der Waals surface area (Å²) in [5.74, 6) is 1.87. The van der Waals surface area contributed by atoms with E-state index in [1.54, 1.807) is 31.7 Å². The second kappa shape index (κ2) is 5.76. The first-order chi connectivity index (χ1) is 10.3. The van der Waals surface area contributed by atoms with Gasteiger partial charge in [-0.05, 0) is 42.0 Å². The van der Waals surface area contributed by atoms with Crippen molar-refractivity contribution in [1.29, 1.82) is 0 Å². The second-order valence-corrected chi connectivity index (χ2v) is 4.55. The number of ether oxygens (including phenoxy) is 1. The summed E-state index contributed by atoms with van der Waals surface area (Å²) in [6.07, 6.45) is 3.25. The van der Waals surface area contributed by atoms with E-state index in [1.807, 2.05) is 24.3 Å². The lowest BCUT2D eigenvalue weighted by Crippen LogP contribution is -1.94. The molecule has 6 nitrogen and oxygen atoms in total. The molecule has 2 heterocycles. The third-order valence-electron chi connectivity index (χ3n) is 2.81. The molecular weight excluding hydrogens is 288 g/mol. The molecule has 0 spiro atoms. The molecule has 7 heteroatoms. The van der Waals surface area contributed by atoms with Crippen LogP contribution in [-0.2, 0) is 0 Å². The monoisotopic (exact) mass is 300 g/mol. The lowest BCUT2D eigenvalue weighted by molar-refractivity contribution is 0.415. The number of aromatic amines is 1. The van der Waals surface area contributed by atoms with Crippen molar-refractivity contribution < 1.29 is 9.15 Å². The van der Waals surface area contributed by atoms with Crippen molar-refractivity contribution in [3.63, 3.8) is 0 Å². The number of furan rings is 1. The predicted molar refractivity (Wildman–Crippen MR) is 81.1 cm³/mol. The average Bonchev–Trinajstić information content (AvgIpc) is 3.15. The molecule has 0 atom stereocenters. The van der Waals surface area contributed by atoms with Crippen LogP contribution in [0.4, 0.5) is 0 Å². The van der Waals surface area contributed by atoms with E-state index in [2.05, 4.69) is 15.3 Å². The van der Waals surface area contributed by atoms with Crippen molar-refractivity contribution >= 4 is 18.4 Å². The van der Waals surface area contributed by atoms with Crippen molar-refractivity contribution in [2.75, 3.05) is 7.11 Å². The molecular formula is C14H12N4O2S. The highest BCUT2D eigenvalue weighted by Gasteiger charge is 2.10. The van der Waals surface area contributed by atoms with E-state index in [1.165, 1.54) is 4.68 Å². The zero-order chi connectivity index (χ0) is 14.7. The fraction of sp³-hybridized carbons (Fsp3) is 0.0714. The van der Waals surface area contributed by atoms with E-state index < -0.39 is 0 Å². The molecule has 0 aliphatic rings. The Hall–Kier alpha value is -2.67. The number of H-pyrrole nitrogens is 1. The molecule has 0 bridgehead atoms. The fourth-order valence-electron chi connectivity index (χ4n) is 1.81. The molecule has 0 saturated carbocycles. The summed E-state index contributed by atoms with van der Waals surface area (Å²) in [7, 11) is 1.62. The summed E-state index contributed by atoms with van der Waals surface area (Å²) in [4.78, 5) is 0. The van der Waals surface area contributed by atoms with Crippen molar-refractivity contribution in [3.05, 3.63) is 53.0 Å². The standard InChI is InChI=1S/C14H12N4O2S/c1-19-11-5-2-4-10(8-11)9-15-18-13(16-17-14(18)21)12-6-3-7-20-12/h2-9H,1H3,(H,17,21)/b15-9+. The molecule has 0 fully saturated rings. The molecule has 106 valence electrons. The minimum atomic E-state index is 0.389. The Morgan fingerprint density at radius 2 is 2.29 bits per heavy atom. The Kier molecular flexibility index (Phi) is 3.65. The molecule has 0 aliphatic heterocycles. The van der Waals surface area contributed by atoms with Crippen LogP contribution in [-0.4, -0.2) is 28.2 Å². The number of benzene rings is 1. The first-order valence-electron chi connectivity index (χ1n) is 6.17. The van der Waals surface area contributed by atoms with Gasteiger partial charge >= 0.3 is 0 Å². The minimum Gasteiger partial charge on any atom is -0.497 e. The third kappa shape index (κ3) is 2.77. The van der Waals surface area contributed by atoms with Gasteiger partial charge in [-0.3, -0.25) is 0 Å². The fourth-order valence-corrected chi connectivity index (χ4v) is 1.99. The smallest absolute Gasteiger partial charge is 0.219 e. The van der Waals surface area contributed by atoms with Gasteiger partial charge < -0.3 is 9.15 Å². The molecule has 3 rings (SSSR count). The zero-order valence-electron chi connectivity index (χ0n) is 11.2. The van der Waals surface area contributed by atoms with Crippen LogP contribution >= 0.6 is 12.2 Å². The van der Waals surface area contributed by atoms with Gasteiger partial charge in [-0.15, -0.1) is 5.10 Å². The Labute approximate surface area is 125 Å². The average molecular weight is 300 g/mol. The van der Waals surface area contributed by atoms with Gasteiger partial charge in [0.05, 0.1) is 19.6 Å². The molecule has 2 aromatic heterocycles. The zero-order valence-corrected chi connectivity index (χ0v) is 12.0. The summed E-state index contributed by atoms with van der Waals surface area (Å²) in [6, 6.07) is 11.1. The van der Waals surface area contributed by atoms with E-state index in [0.717, 1.165) is 11.3 Å². The van der Waals surface area contributed by atoms with Crippen LogP contribution in [0.15, 0.2) is 52.2 Å². The number of hydrogen-bond donors (Lipinski definition) is 1. The number of nitrogens with one attached hydrogen (secondary N) is 1.